The van der Waals surface area contributed by atoms with E-state index in [0.29, 0.717) is 38.3 Å². The van der Waals surface area contributed by atoms with E-state index in [0.717, 1.165) is 35.1 Å². The first-order valence-corrected chi connectivity index (χ1v) is 16.9. The van der Waals surface area contributed by atoms with Crippen LogP contribution in [0, 0.1) is 28.6 Å². The molecule has 2 aromatic carbocycles. The molecule has 0 aliphatic heterocycles. The monoisotopic (exact) mass is 626 g/mol. The third-order valence-electron chi connectivity index (χ3n) is 8.45. The highest BCUT2D eigenvalue weighted by Gasteiger charge is 2.33. The van der Waals surface area contributed by atoms with Gasteiger partial charge in [0.05, 0.1) is 12.0 Å². The lowest BCUT2D eigenvalue weighted by atomic mass is 9.77. The molecule has 0 aromatic heterocycles. The summed E-state index contributed by atoms with van der Waals surface area (Å²) in [6.07, 6.45) is 13.8. The maximum absolute atomic E-state index is 12.9. The van der Waals surface area contributed by atoms with Crippen LogP contribution in [0.5, 0.6) is 0 Å². The van der Waals surface area contributed by atoms with Crippen LogP contribution in [0.1, 0.15) is 95.9 Å². The number of rotatable bonds is 18. The van der Waals surface area contributed by atoms with Gasteiger partial charge in [0.15, 0.2) is 0 Å². The number of carbonyl (C=O) groups excluding carboxylic acids is 1. The number of allylic oxidation sites excluding steroid dienone is 3. The van der Waals surface area contributed by atoms with Crippen molar-refractivity contribution in [1.29, 1.82) is 5.26 Å². The average Bonchev–Trinajstić information content (AvgIpc) is 3.11. The Morgan fingerprint density at radius 1 is 0.935 bits per heavy atom. The summed E-state index contributed by atoms with van der Waals surface area (Å²) in [5.41, 5.74) is 9.27. The highest BCUT2D eigenvalue weighted by Crippen LogP contribution is 2.32. The van der Waals surface area contributed by atoms with E-state index >= 15 is 0 Å². The lowest BCUT2D eigenvalue weighted by Crippen LogP contribution is -2.39. The van der Waals surface area contributed by atoms with Gasteiger partial charge in [-0.3, -0.25) is 4.79 Å². The Kier molecular flexibility index (Phi) is 23.4. The van der Waals surface area contributed by atoms with Gasteiger partial charge in [0.2, 0.25) is 5.91 Å². The molecule has 2 rings (SSSR count). The zero-order valence-electron chi connectivity index (χ0n) is 29.7. The van der Waals surface area contributed by atoms with Crippen LogP contribution in [0.15, 0.2) is 86.5 Å². The van der Waals surface area contributed by atoms with Crippen LogP contribution in [-0.2, 0) is 17.9 Å². The fourth-order valence-electron chi connectivity index (χ4n) is 4.61. The van der Waals surface area contributed by atoms with Gasteiger partial charge in [-0.15, -0.1) is 6.58 Å². The van der Waals surface area contributed by atoms with E-state index in [1.807, 2.05) is 74.5 Å². The highest BCUT2D eigenvalue weighted by molar-refractivity contribution is 5.82. The number of nitrogens with two attached hydrogens (primary N) is 1. The zero-order valence-corrected chi connectivity index (χ0v) is 29.7. The van der Waals surface area contributed by atoms with Crippen LogP contribution in [0.3, 0.4) is 0 Å². The van der Waals surface area contributed by atoms with Crippen LogP contribution in [-0.4, -0.2) is 30.4 Å². The second-order valence-electron chi connectivity index (χ2n) is 11.8. The molecular formula is C41H62N4O. The largest absolute Gasteiger partial charge is 0.352 e. The van der Waals surface area contributed by atoms with Gasteiger partial charge >= 0.3 is 0 Å². The van der Waals surface area contributed by atoms with Gasteiger partial charge in [0.1, 0.15) is 0 Å². The average molecular weight is 627 g/mol. The van der Waals surface area contributed by atoms with Crippen molar-refractivity contribution in [2.45, 2.75) is 86.7 Å². The van der Waals surface area contributed by atoms with Crippen LogP contribution < -0.4 is 11.1 Å². The predicted molar refractivity (Wildman–Crippen MR) is 201 cm³/mol. The Morgan fingerprint density at radius 3 is 1.85 bits per heavy atom. The van der Waals surface area contributed by atoms with E-state index < -0.39 is 5.41 Å². The third kappa shape index (κ3) is 17.7. The summed E-state index contributed by atoms with van der Waals surface area (Å²) in [7, 11) is 0. The summed E-state index contributed by atoms with van der Waals surface area (Å²) in [5, 5.41) is 12.6. The summed E-state index contributed by atoms with van der Waals surface area (Å²) in [6, 6.07) is 18.4. The standard InChI is InChI=1S/C26H36N2O.C9H11N.C6H15N/c1-6-21(4)12-10-9-11-13-24(19-27)18-26(5,8-3)25(29)28-20-23-16-14-22(7-2)15-17-23;1-2-8-3-5-9(7-10)6-4-8;1-4-7(5-2)6-3/h6-7,9,11,14-17,21,24H,1-2,8,10,12-13,18,20H2,3-5H3,(H,28,29);2-6H,1,7,10H2;4-6H2,1-3H3/b11-9+;;. The first-order chi connectivity index (χ1) is 22.1. The van der Waals surface area contributed by atoms with Crippen molar-refractivity contribution in [3.8, 4) is 6.07 Å². The fraction of sp³-hybridized carbons (Fsp3) is 0.463. The molecule has 0 bridgehead atoms. The van der Waals surface area contributed by atoms with Gasteiger partial charge in [-0.1, -0.05) is 134 Å². The Hall–Kier alpha value is -3.72. The topological polar surface area (TPSA) is 82.1 Å². The van der Waals surface area contributed by atoms with Crippen molar-refractivity contribution in [1.82, 2.24) is 10.2 Å². The second-order valence-corrected chi connectivity index (χ2v) is 11.8. The van der Waals surface area contributed by atoms with Gasteiger partial charge < -0.3 is 16.0 Å². The molecule has 0 radical (unpaired) electrons. The van der Waals surface area contributed by atoms with Gasteiger partial charge in [0, 0.05) is 18.5 Å². The van der Waals surface area contributed by atoms with Crippen LogP contribution in [0.25, 0.3) is 12.2 Å². The lowest BCUT2D eigenvalue weighted by Gasteiger charge is -2.28. The first-order valence-electron chi connectivity index (χ1n) is 16.9. The molecule has 0 saturated heterocycles. The number of nitrogens with one attached hydrogen (secondary N) is 1. The van der Waals surface area contributed by atoms with E-state index in [-0.39, 0.29) is 11.8 Å². The minimum absolute atomic E-state index is 0.0110. The van der Waals surface area contributed by atoms with Gasteiger partial charge in [-0.25, -0.2) is 0 Å². The number of benzene rings is 2. The second kappa shape index (κ2) is 25.5. The first kappa shape index (κ1) is 42.3. The maximum Gasteiger partial charge on any atom is 0.226 e. The number of hydrogen-bond donors (Lipinski definition) is 2. The molecule has 0 saturated carbocycles. The highest BCUT2D eigenvalue weighted by atomic mass is 16.2. The normalized spacial score (nSPS) is 13.1. The predicted octanol–water partition coefficient (Wildman–Crippen LogP) is 9.58. The van der Waals surface area contributed by atoms with Crippen molar-refractivity contribution in [2.75, 3.05) is 19.6 Å². The summed E-state index contributed by atoms with van der Waals surface area (Å²) < 4.78 is 0. The van der Waals surface area contributed by atoms with E-state index in [4.69, 9.17) is 5.73 Å². The van der Waals surface area contributed by atoms with Crippen molar-refractivity contribution < 1.29 is 4.79 Å². The van der Waals surface area contributed by atoms with Gasteiger partial charge in [-0.05, 0) is 79.9 Å². The van der Waals surface area contributed by atoms with Gasteiger partial charge in [0.25, 0.3) is 0 Å². The smallest absolute Gasteiger partial charge is 0.226 e. The van der Waals surface area contributed by atoms with Crippen LogP contribution in [0.2, 0.25) is 0 Å². The number of carbonyl (C=O) groups is 1. The number of hydrogen-bond acceptors (Lipinski definition) is 4. The maximum atomic E-state index is 12.9. The van der Waals surface area contributed by atoms with Crippen LogP contribution >= 0.6 is 0 Å². The molecule has 0 heterocycles. The van der Waals surface area contributed by atoms with E-state index in [1.54, 1.807) is 6.08 Å². The quantitative estimate of drug-likeness (QED) is 0.161. The van der Waals surface area contributed by atoms with E-state index in [1.165, 1.54) is 19.6 Å². The molecule has 0 aliphatic rings. The number of amides is 1. The molecular weight excluding hydrogens is 564 g/mol. The fourth-order valence-corrected chi connectivity index (χ4v) is 4.61. The summed E-state index contributed by atoms with van der Waals surface area (Å²) in [6.45, 7) is 28.6. The molecule has 0 spiro atoms. The Bertz CT molecular complexity index is 1180. The van der Waals surface area contributed by atoms with Crippen molar-refractivity contribution in [3.05, 3.63) is 109 Å². The molecule has 2 aromatic rings. The summed E-state index contributed by atoms with van der Waals surface area (Å²) in [4.78, 5) is 15.2. The van der Waals surface area contributed by atoms with Gasteiger partial charge in [-0.2, -0.15) is 5.26 Å². The third-order valence-corrected chi connectivity index (χ3v) is 8.45. The molecule has 5 heteroatoms. The Labute approximate surface area is 282 Å². The van der Waals surface area contributed by atoms with E-state index in [9.17, 15) is 10.1 Å². The SMILES string of the molecule is C=Cc1ccc(CN)cc1.C=Cc1ccc(CNC(=O)C(C)(CC)CC(C#N)C/C=C/CCC(C)C=C)cc1.CCN(CC)CC. The Morgan fingerprint density at radius 2 is 1.46 bits per heavy atom. The molecule has 0 fully saturated rings. The molecule has 252 valence electrons. The molecule has 1 amide bonds. The Balaban J connectivity index is 0.000000962. The lowest BCUT2D eigenvalue weighted by molar-refractivity contribution is -0.131. The molecule has 0 aliphatic carbocycles. The molecule has 5 nitrogen and oxygen atoms in total. The van der Waals surface area contributed by atoms with Crippen molar-refractivity contribution >= 4 is 18.1 Å². The summed E-state index contributed by atoms with van der Waals surface area (Å²) >= 11 is 0. The zero-order chi connectivity index (χ0) is 34.8. The number of nitrogens with zero attached hydrogens (tertiary/aromatic N) is 2. The molecule has 3 N–H and O–H groups in total. The molecule has 3 atom stereocenters. The molecule has 46 heavy (non-hydrogen) atoms. The minimum atomic E-state index is -0.549. The van der Waals surface area contributed by atoms with E-state index in [2.05, 4.69) is 75.9 Å². The minimum Gasteiger partial charge on any atom is -0.352 e. The summed E-state index contributed by atoms with van der Waals surface area (Å²) in [5.74, 6) is 0.356. The molecule has 3 unspecified atom stereocenters. The van der Waals surface area contributed by atoms with Crippen LogP contribution in [0.4, 0.5) is 0 Å². The van der Waals surface area contributed by atoms with Crippen molar-refractivity contribution in [2.24, 2.45) is 23.0 Å². The number of nitriles is 1. The van der Waals surface area contributed by atoms with Crippen molar-refractivity contribution in [3.63, 3.8) is 0 Å².